The smallest absolute Gasteiger partial charge is 0.271 e. The van der Waals surface area contributed by atoms with Crippen LogP contribution in [0.1, 0.15) is 23.7 Å². The summed E-state index contributed by atoms with van der Waals surface area (Å²) in [4.78, 5) is 12.3. The summed E-state index contributed by atoms with van der Waals surface area (Å²) in [7, 11) is 0. The molecule has 0 spiro atoms. The summed E-state index contributed by atoms with van der Waals surface area (Å²) in [6.45, 7) is 6.00. The van der Waals surface area contributed by atoms with Gasteiger partial charge in [-0.05, 0) is 20.8 Å². The van der Waals surface area contributed by atoms with E-state index in [9.17, 15) is 15.2 Å². The van der Waals surface area contributed by atoms with Crippen molar-refractivity contribution in [2.45, 2.75) is 27.3 Å². The number of hydrogen-bond acceptors (Lipinski definition) is 7. The van der Waals surface area contributed by atoms with Crippen LogP contribution >= 0.6 is 0 Å². The Bertz CT molecular complexity index is 859. The maximum atomic E-state index is 12.3. The number of H-pyrrole nitrogens is 1. The molecule has 0 radical (unpaired) electrons. The molecule has 0 bridgehead atoms. The molecule has 2 rings (SSSR count). The molecule has 0 unspecified atom stereocenters. The van der Waals surface area contributed by atoms with Crippen LogP contribution in [0.3, 0.4) is 0 Å². The summed E-state index contributed by atoms with van der Waals surface area (Å²) in [5.41, 5.74) is 0.467. The van der Waals surface area contributed by atoms with Crippen LogP contribution in [0, 0.1) is 25.2 Å². The van der Waals surface area contributed by atoms with Gasteiger partial charge in [0.2, 0.25) is 5.88 Å². The minimum Gasteiger partial charge on any atom is -0.493 e. The largest absolute Gasteiger partial charge is 0.493 e. The third-order valence-electron chi connectivity index (χ3n) is 3.38. The second kappa shape index (κ2) is 7.52. The Kier molecular flexibility index (Phi) is 5.44. The Balaban J connectivity index is 2.50. The van der Waals surface area contributed by atoms with E-state index in [2.05, 4.69) is 20.4 Å². The molecule has 2 aromatic rings. The van der Waals surface area contributed by atoms with E-state index in [0.29, 0.717) is 12.4 Å². The van der Waals surface area contributed by atoms with Crippen molar-refractivity contribution >= 4 is 11.5 Å². The van der Waals surface area contributed by atoms with E-state index in [1.54, 1.807) is 6.07 Å². The topological polar surface area (TPSA) is 129 Å². The van der Waals surface area contributed by atoms with E-state index in [-0.39, 0.29) is 35.8 Å². The highest BCUT2D eigenvalue weighted by molar-refractivity contribution is 5.59. The van der Waals surface area contributed by atoms with Crippen LogP contribution in [0.25, 0.3) is 0 Å². The van der Waals surface area contributed by atoms with Gasteiger partial charge in [-0.2, -0.15) is 10.4 Å². The van der Waals surface area contributed by atoms with Crippen LogP contribution in [-0.4, -0.2) is 33.1 Å². The zero-order valence-corrected chi connectivity index (χ0v) is 13.7. The third-order valence-corrected chi connectivity index (χ3v) is 3.38. The standard InChI is InChI=1S/C15H18N6O3/c1-4-24-6-5-21-14(22)11(8-16)10(3)13(15(21)23)20-19-12-7-9(2)17-18-12/h7,23H,4-6H2,1-3H3,(H,17,18). The molecular formula is C15H18N6O3. The lowest BCUT2D eigenvalue weighted by Crippen LogP contribution is -2.25. The van der Waals surface area contributed by atoms with Crippen LogP contribution in [0.5, 0.6) is 5.88 Å². The van der Waals surface area contributed by atoms with E-state index in [1.165, 1.54) is 6.92 Å². The Morgan fingerprint density at radius 3 is 2.79 bits per heavy atom. The van der Waals surface area contributed by atoms with Gasteiger partial charge in [-0.1, -0.05) is 0 Å². The van der Waals surface area contributed by atoms with Crippen molar-refractivity contribution in [1.29, 1.82) is 5.26 Å². The molecule has 126 valence electrons. The summed E-state index contributed by atoms with van der Waals surface area (Å²) in [6.07, 6.45) is 0. The Morgan fingerprint density at radius 1 is 1.46 bits per heavy atom. The average Bonchev–Trinajstić information content (AvgIpc) is 2.96. The number of nitriles is 1. The highest BCUT2D eigenvalue weighted by Gasteiger charge is 2.19. The number of nitrogens with zero attached hydrogens (tertiary/aromatic N) is 5. The lowest BCUT2D eigenvalue weighted by Gasteiger charge is -2.12. The SMILES string of the molecule is CCOCCn1c(O)c(N=Nc2cc(C)[nH]n2)c(C)c(C#N)c1=O. The number of pyridine rings is 1. The first-order valence-electron chi connectivity index (χ1n) is 7.37. The minimum atomic E-state index is -0.582. The summed E-state index contributed by atoms with van der Waals surface area (Å²) < 4.78 is 6.26. The maximum Gasteiger partial charge on any atom is 0.271 e. The molecular weight excluding hydrogens is 312 g/mol. The number of hydrogen-bond donors (Lipinski definition) is 2. The zero-order valence-electron chi connectivity index (χ0n) is 13.7. The van der Waals surface area contributed by atoms with Crippen LogP contribution in [0.15, 0.2) is 21.1 Å². The molecule has 0 atom stereocenters. The molecule has 0 amide bonds. The van der Waals surface area contributed by atoms with Gasteiger partial charge in [0, 0.05) is 23.9 Å². The molecule has 0 aromatic carbocycles. The molecule has 2 N–H and O–H groups in total. The van der Waals surface area contributed by atoms with Crippen molar-refractivity contribution in [3.8, 4) is 11.9 Å². The zero-order chi connectivity index (χ0) is 17.7. The number of aryl methyl sites for hydroxylation is 1. The summed E-state index contributed by atoms with van der Waals surface area (Å²) >= 11 is 0. The van der Waals surface area contributed by atoms with Gasteiger partial charge in [-0.3, -0.25) is 14.5 Å². The summed E-state index contributed by atoms with van der Waals surface area (Å²) in [6, 6.07) is 3.53. The van der Waals surface area contributed by atoms with Crippen molar-refractivity contribution < 1.29 is 9.84 Å². The van der Waals surface area contributed by atoms with Gasteiger partial charge in [0.15, 0.2) is 11.5 Å². The number of aromatic hydroxyl groups is 1. The van der Waals surface area contributed by atoms with Crippen molar-refractivity contribution in [2.75, 3.05) is 13.2 Å². The van der Waals surface area contributed by atoms with Crippen LogP contribution < -0.4 is 5.56 Å². The summed E-state index contributed by atoms with van der Waals surface area (Å²) in [5, 5.41) is 34.1. The van der Waals surface area contributed by atoms with E-state index < -0.39 is 5.56 Å². The average molecular weight is 330 g/mol. The number of aromatic amines is 1. The third kappa shape index (κ3) is 3.49. The number of nitrogens with one attached hydrogen (secondary N) is 1. The predicted octanol–water partition coefficient (Wildman–Crippen LogP) is 2.22. The van der Waals surface area contributed by atoms with Crippen molar-refractivity contribution in [1.82, 2.24) is 14.8 Å². The lowest BCUT2D eigenvalue weighted by atomic mass is 10.1. The monoisotopic (exact) mass is 330 g/mol. The van der Waals surface area contributed by atoms with Gasteiger partial charge in [0.25, 0.3) is 5.56 Å². The second-order valence-corrected chi connectivity index (χ2v) is 5.05. The molecule has 2 aromatic heterocycles. The Hall–Kier alpha value is -2.99. The quantitative estimate of drug-likeness (QED) is 0.619. The van der Waals surface area contributed by atoms with Gasteiger partial charge in [0.05, 0.1) is 13.2 Å². The molecule has 0 saturated carbocycles. The second-order valence-electron chi connectivity index (χ2n) is 5.05. The van der Waals surface area contributed by atoms with Crippen LogP contribution in [0.4, 0.5) is 11.5 Å². The van der Waals surface area contributed by atoms with Crippen LogP contribution in [0.2, 0.25) is 0 Å². The normalized spacial score (nSPS) is 11.1. The first kappa shape index (κ1) is 17.4. The number of rotatable bonds is 6. The Labute approximate surface area is 138 Å². The van der Waals surface area contributed by atoms with Crippen molar-refractivity contribution in [3.63, 3.8) is 0 Å². The highest BCUT2D eigenvalue weighted by atomic mass is 16.5. The molecule has 0 aliphatic rings. The molecule has 0 fully saturated rings. The molecule has 24 heavy (non-hydrogen) atoms. The van der Waals surface area contributed by atoms with Crippen LogP contribution in [-0.2, 0) is 11.3 Å². The van der Waals surface area contributed by atoms with Crippen molar-refractivity contribution in [3.05, 3.63) is 33.2 Å². The van der Waals surface area contributed by atoms with Gasteiger partial charge < -0.3 is 9.84 Å². The first-order chi connectivity index (χ1) is 11.5. The predicted molar refractivity (Wildman–Crippen MR) is 85.8 cm³/mol. The van der Waals surface area contributed by atoms with E-state index in [1.807, 2.05) is 19.9 Å². The number of aromatic nitrogens is 3. The van der Waals surface area contributed by atoms with Gasteiger partial charge >= 0.3 is 0 Å². The van der Waals surface area contributed by atoms with Gasteiger partial charge in [-0.25, -0.2) is 0 Å². The maximum absolute atomic E-state index is 12.3. The summed E-state index contributed by atoms with van der Waals surface area (Å²) in [5.74, 6) is -0.0240. The number of azo groups is 1. The molecule has 0 saturated heterocycles. The Morgan fingerprint density at radius 2 is 2.21 bits per heavy atom. The molecule has 9 heteroatoms. The van der Waals surface area contributed by atoms with E-state index in [4.69, 9.17) is 4.74 Å². The van der Waals surface area contributed by atoms with E-state index >= 15 is 0 Å². The fourth-order valence-electron chi connectivity index (χ4n) is 2.12. The van der Waals surface area contributed by atoms with E-state index in [0.717, 1.165) is 10.3 Å². The minimum absolute atomic E-state index is 0.0586. The molecule has 0 aliphatic heterocycles. The fourth-order valence-corrected chi connectivity index (χ4v) is 2.12. The highest BCUT2D eigenvalue weighted by Crippen LogP contribution is 2.31. The molecule has 2 heterocycles. The number of ether oxygens (including phenoxy) is 1. The molecule has 0 aliphatic carbocycles. The lowest BCUT2D eigenvalue weighted by molar-refractivity contribution is 0.136. The molecule has 9 nitrogen and oxygen atoms in total. The fraction of sp³-hybridized carbons (Fsp3) is 0.400. The first-order valence-corrected chi connectivity index (χ1v) is 7.37. The van der Waals surface area contributed by atoms with Gasteiger partial charge in [-0.15, -0.1) is 10.2 Å². The van der Waals surface area contributed by atoms with Crippen molar-refractivity contribution in [2.24, 2.45) is 10.2 Å². The van der Waals surface area contributed by atoms with Gasteiger partial charge in [0.1, 0.15) is 11.6 Å².